The molecule has 0 unspecified atom stereocenters. The van der Waals surface area contributed by atoms with Crippen LogP contribution in [0.5, 0.6) is 0 Å². The van der Waals surface area contributed by atoms with Crippen molar-refractivity contribution in [2.75, 3.05) is 13.2 Å². The van der Waals surface area contributed by atoms with Crippen LogP contribution in [-0.4, -0.2) is 13.2 Å². The highest BCUT2D eigenvalue weighted by Crippen LogP contribution is 2.36. The van der Waals surface area contributed by atoms with Gasteiger partial charge in [0, 0.05) is 13.2 Å². The van der Waals surface area contributed by atoms with Crippen molar-refractivity contribution in [3.8, 4) is 0 Å². The minimum Gasteiger partial charge on any atom is -0.381 e. The molecular formula is C19H34O. The van der Waals surface area contributed by atoms with E-state index in [9.17, 15) is 0 Å². The summed E-state index contributed by atoms with van der Waals surface area (Å²) in [4.78, 5) is 0. The molecule has 0 aromatic rings. The Hall–Kier alpha value is -0.300. The van der Waals surface area contributed by atoms with Gasteiger partial charge in [-0.3, -0.25) is 0 Å². The van der Waals surface area contributed by atoms with Gasteiger partial charge in [0.25, 0.3) is 0 Å². The van der Waals surface area contributed by atoms with E-state index in [1.54, 1.807) is 5.57 Å². The smallest absolute Gasteiger partial charge is 0.0494 e. The van der Waals surface area contributed by atoms with E-state index in [1.807, 2.05) is 0 Å². The molecule has 1 nitrogen and oxygen atoms in total. The Labute approximate surface area is 126 Å². The first-order valence-electron chi connectivity index (χ1n) is 8.95. The summed E-state index contributed by atoms with van der Waals surface area (Å²) in [6, 6.07) is 0. The second-order valence-electron chi connectivity index (χ2n) is 7.31. The highest BCUT2D eigenvalue weighted by atomic mass is 16.5. The molecule has 0 atom stereocenters. The van der Waals surface area contributed by atoms with Crippen LogP contribution in [-0.2, 0) is 4.74 Å². The molecule has 2 saturated carbocycles. The van der Waals surface area contributed by atoms with Gasteiger partial charge in [-0.15, -0.1) is 0 Å². The summed E-state index contributed by atoms with van der Waals surface area (Å²) in [7, 11) is 0. The Morgan fingerprint density at radius 1 is 1.00 bits per heavy atom. The van der Waals surface area contributed by atoms with Gasteiger partial charge in [-0.1, -0.05) is 31.4 Å². The van der Waals surface area contributed by atoms with Gasteiger partial charge in [0.2, 0.25) is 0 Å². The highest BCUT2D eigenvalue weighted by molar-refractivity contribution is 5.07. The summed E-state index contributed by atoms with van der Waals surface area (Å²) in [5.74, 6) is 3.54. The lowest BCUT2D eigenvalue weighted by Gasteiger charge is -2.30. The van der Waals surface area contributed by atoms with E-state index < -0.39 is 0 Å². The largest absolute Gasteiger partial charge is 0.381 e. The molecule has 0 bridgehead atoms. The number of hydrogen-bond acceptors (Lipinski definition) is 1. The average Bonchev–Trinajstić information content (AvgIpc) is 2.47. The molecule has 2 fully saturated rings. The molecular weight excluding hydrogens is 244 g/mol. The number of rotatable bonds is 5. The van der Waals surface area contributed by atoms with Gasteiger partial charge in [-0.2, -0.15) is 0 Å². The van der Waals surface area contributed by atoms with Crippen LogP contribution < -0.4 is 0 Å². The zero-order chi connectivity index (χ0) is 14.4. The maximum Gasteiger partial charge on any atom is 0.0494 e. The predicted octanol–water partition coefficient (Wildman–Crippen LogP) is 5.60. The van der Waals surface area contributed by atoms with Gasteiger partial charge in [-0.05, 0) is 76.0 Å². The van der Waals surface area contributed by atoms with Crippen molar-refractivity contribution >= 4 is 0 Å². The van der Waals surface area contributed by atoms with Crippen LogP contribution in [0.1, 0.15) is 72.1 Å². The van der Waals surface area contributed by atoms with Crippen molar-refractivity contribution in [1.82, 2.24) is 0 Å². The minimum absolute atomic E-state index is 0.829. The second-order valence-corrected chi connectivity index (χ2v) is 7.31. The predicted molar refractivity (Wildman–Crippen MR) is 86.8 cm³/mol. The third-order valence-corrected chi connectivity index (χ3v) is 5.61. The van der Waals surface area contributed by atoms with Crippen molar-refractivity contribution in [1.29, 1.82) is 0 Å². The Bertz CT molecular complexity index is 291. The van der Waals surface area contributed by atoms with Gasteiger partial charge in [0.15, 0.2) is 0 Å². The molecule has 0 aliphatic heterocycles. The molecule has 0 radical (unpaired) electrons. The van der Waals surface area contributed by atoms with E-state index in [2.05, 4.69) is 26.8 Å². The maximum atomic E-state index is 5.58. The normalized spacial score (nSPS) is 36.0. The van der Waals surface area contributed by atoms with Gasteiger partial charge >= 0.3 is 0 Å². The first-order chi connectivity index (χ1) is 9.69. The molecule has 2 rings (SSSR count). The van der Waals surface area contributed by atoms with Crippen LogP contribution in [0, 0.1) is 23.7 Å². The quantitative estimate of drug-likeness (QED) is 0.595. The SMILES string of the molecule is CCOCC1CCC(/C=C(\C)C2CCC(C)CC2)CC1. The molecule has 2 aliphatic carbocycles. The lowest BCUT2D eigenvalue weighted by molar-refractivity contribution is 0.0900. The van der Waals surface area contributed by atoms with E-state index in [0.717, 1.165) is 36.9 Å². The lowest BCUT2D eigenvalue weighted by Crippen LogP contribution is -2.19. The number of hydrogen-bond donors (Lipinski definition) is 0. The van der Waals surface area contributed by atoms with Crippen LogP contribution in [0.2, 0.25) is 0 Å². The Kier molecular flexibility index (Phi) is 6.61. The van der Waals surface area contributed by atoms with Gasteiger partial charge in [-0.25, -0.2) is 0 Å². The van der Waals surface area contributed by atoms with E-state index in [-0.39, 0.29) is 0 Å². The molecule has 0 saturated heterocycles. The third kappa shape index (κ3) is 4.91. The number of allylic oxidation sites excluding steroid dienone is 2. The zero-order valence-electron chi connectivity index (χ0n) is 13.9. The van der Waals surface area contributed by atoms with Crippen molar-refractivity contribution in [2.45, 2.75) is 72.1 Å². The Morgan fingerprint density at radius 3 is 2.25 bits per heavy atom. The molecule has 0 heterocycles. The minimum atomic E-state index is 0.829. The third-order valence-electron chi connectivity index (χ3n) is 5.61. The van der Waals surface area contributed by atoms with E-state index in [4.69, 9.17) is 4.74 Å². The summed E-state index contributed by atoms with van der Waals surface area (Å²) in [5, 5.41) is 0. The molecule has 0 N–H and O–H groups in total. The summed E-state index contributed by atoms with van der Waals surface area (Å²) in [6.45, 7) is 8.77. The van der Waals surface area contributed by atoms with Crippen LogP contribution in [0.3, 0.4) is 0 Å². The van der Waals surface area contributed by atoms with Gasteiger partial charge in [0.1, 0.15) is 0 Å². The molecule has 1 heteroatoms. The van der Waals surface area contributed by atoms with Crippen LogP contribution in [0.15, 0.2) is 11.6 Å². The van der Waals surface area contributed by atoms with Crippen LogP contribution in [0.25, 0.3) is 0 Å². The number of ether oxygens (including phenoxy) is 1. The first-order valence-corrected chi connectivity index (χ1v) is 8.95. The standard InChI is InChI=1S/C19H34O/c1-4-20-14-18-9-7-17(8-10-18)13-16(3)19-11-5-15(2)6-12-19/h13,15,17-19H,4-12,14H2,1-3H3/b16-13+. The fraction of sp³-hybridized carbons (Fsp3) is 0.895. The molecule has 116 valence electrons. The van der Waals surface area contributed by atoms with Gasteiger partial charge in [0.05, 0.1) is 0 Å². The van der Waals surface area contributed by atoms with E-state index in [0.29, 0.717) is 0 Å². The van der Waals surface area contributed by atoms with Crippen molar-refractivity contribution in [3.05, 3.63) is 11.6 Å². The Morgan fingerprint density at radius 2 is 1.65 bits per heavy atom. The van der Waals surface area contributed by atoms with Crippen molar-refractivity contribution < 1.29 is 4.74 Å². The van der Waals surface area contributed by atoms with E-state index >= 15 is 0 Å². The fourth-order valence-corrected chi connectivity index (χ4v) is 4.03. The van der Waals surface area contributed by atoms with Gasteiger partial charge < -0.3 is 4.74 Å². The molecule has 2 aliphatic rings. The lowest BCUT2D eigenvalue weighted by atomic mass is 9.76. The van der Waals surface area contributed by atoms with Crippen molar-refractivity contribution in [2.24, 2.45) is 23.7 Å². The molecule has 20 heavy (non-hydrogen) atoms. The fourth-order valence-electron chi connectivity index (χ4n) is 4.03. The first kappa shape index (κ1) is 16.1. The van der Waals surface area contributed by atoms with Crippen molar-refractivity contribution in [3.63, 3.8) is 0 Å². The summed E-state index contributed by atoms with van der Waals surface area (Å²) < 4.78 is 5.58. The van der Waals surface area contributed by atoms with Crippen LogP contribution >= 0.6 is 0 Å². The van der Waals surface area contributed by atoms with E-state index in [1.165, 1.54) is 51.4 Å². The molecule has 0 amide bonds. The van der Waals surface area contributed by atoms with Crippen LogP contribution in [0.4, 0.5) is 0 Å². The molecule has 0 aromatic carbocycles. The summed E-state index contributed by atoms with van der Waals surface area (Å²) in [5.41, 5.74) is 1.70. The maximum absolute atomic E-state index is 5.58. The molecule has 0 spiro atoms. The monoisotopic (exact) mass is 278 g/mol. The topological polar surface area (TPSA) is 9.23 Å². The molecule has 0 aromatic heterocycles. The summed E-state index contributed by atoms with van der Waals surface area (Å²) in [6.07, 6.45) is 13.9. The second kappa shape index (κ2) is 8.22. The highest BCUT2D eigenvalue weighted by Gasteiger charge is 2.23. The average molecular weight is 278 g/mol. The zero-order valence-corrected chi connectivity index (χ0v) is 13.9. The summed E-state index contributed by atoms with van der Waals surface area (Å²) >= 11 is 0. The Balaban J connectivity index is 1.74.